The fourth-order valence-corrected chi connectivity index (χ4v) is 5.75. The third kappa shape index (κ3) is 2.96. The molecular formula is C11H16BrNO3S2. The Labute approximate surface area is 120 Å². The summed E-state index contributed by atoms with van der Waals surface area (Å²) in [4.78, 5) is 0. The topological polar surface area (TPSA) is 57.6 Å². The zero-order chi connectivity index (χ0) is 13.4. The molecule has 1 aromatic heterocycles. The summed E-state index contributed by atoms with van der Waals surface area (Å²) in [6, 6.07) is 3.30. The fraction of sp³-hybridized carbons (Fsp3) is 0.636. The number of aliphatic hydroxyl groups is 1. The van der Waals surface area contributed by atoms with Crippen LogP contribution < -0.4 is 0 Å². The zero-order valence-electron chi connectivity index (χ0n) is 10.1. The second-order valence-electron chi connectivity index (χ2n) is 4.75. The maximum absolute atomic E-state index is 12.3. The summed E-state index contributed by atoms with van der Waals surface area (Å²) in [5, 5.41) is 10.3. The van der Waals surface area contributed by atoms with Crippen LogP contribution in [-0.2, 0) is 10.0 Å². The van der Waals surface area contributed by atoms with Crippen LogP contribution in [0, 0.1) is 0 Å². The van der Waals surface area contributed by atoms with Crippen molar-refractivity contribution < 1.29 is 13.5 Å². The average molecular weight is 354 g/mol. The summed E-state index contributed by atoms with van der Waals surface area (Å²) >= 11 is 4.44. The van der Waals surface area contributed by atoms with Crippen molar-refractivity contribution in [3.63, 3.8) is 0 Å². The Kier molecular flexibility index (Phi) is 4.18. The van der Waals surface area contributed by atoms with Gasteiger partial charge in [0.25, 0.3) is 10.0 Å². The van der Waals surface area contributed by atoms with Gasteiger partial charge in [0.05, 0.1) is 9.39 Å². The number of nitrogens with zero attached hydrogens (tertiary/aromatic N) is 1. The van der Waals surface area contributed by atoms with E-state index in [1.54, 1.807) is 12.1 Å². The number of rotatable bonds is 4. The molecule has 7 heteroatoms. The van der Waals surface area contributed by atoms with Crippen LogP contribution in [0.1, 0.15) is 25.7 Å². The minimum absolute atomic E-state index is 0.171. The van der Waals surface area contributed by atoms with Gasteiger partial charge in [0, 0.05) is 13.6 Å². The van der Waals surface area contributed by atoms with Crippen LogP contribution in [0.5, 0.6) is 0 Å². The SMILES string of the molecule is CN(CC1(O)CCCC1)S(=O)(=O)c1ccc(Br)s1. The van der Waals surface area contributed by atoms with Gasteiger partial charge in [0.2, 0.25) is 0 Å². The third-order valence-electron chi connectivity index (χ3n) is 3.26. The molecule has 1 aliphatic carbocycles. The Balaban J connectivity index is 2.15. The monoisotopic (exact) mass is 353 g/mol. The Bertz CT molecular complexity index is 520. The summed E-state index contributed by atoms with van der Waals surface area (Å²) in [5.41, 5.74) is -0.851. The highest BCUT2D eigenvalue weighted by Crippen LogP contribution is 2.33. The Morgan fingerprint density at radius 1 is 1.44 bits per heavy atom. The molecule has 0 amide bonds. The predicted octanol–water partition coefficient (Wildman–Crippen LogP) is 2.44. The minimum Gasteiger partial charge on any atom is -0.389 e. The van der Waals surface area contributed by atoms with Crippen LogP contribution in [0.15, 0.2) is 20.1 Å². The van der Waals surface area contributed by atoms with Gasteiger partial charge in [0.15, 0.2) is 0 Å². The summed E-state index contributed by atoms with van der Waals surface area (Å²) in [6.07, 6.45) is 3.30. The van der Waals surface area contributed by atoms with Gasteiger partial charge in [-0.25, -0.2) is 8.42 Å². The lowest BCUT2D eigenvalue weighted by atomic mass is 10.0. The number of halogens is 1. The maximum atomic E-state index is 12.3. The van der Waals surface area contributed by atoms with E-state index in [-0.39, 0.29) is 6.54 Å². The molecule has 0 spiro atoms. The van der Waals surface area contributed by atoms with Gasteiger partial charge in [-0.05, 0) is 40.9 Å². The molecule has 102 valence electrons. The van der Waals surface area contributed by atoms with Crippen molar-refractivity contribution in [2.75, 3.05) is 13.6 Å². The molecule has 0 bridgehead atoms. The number of thiophene rings is 1. The molecule has 0 unspecified atom stereocenters. The first-order chi connectivity index (χ1) is 8.33. The van der Waals surface area contributed by atoms with Crippen molar-refractivity contribution in [1.29, 1.82) is 0 Å². The van der Waals surface area contributed by atoms with Crippen molar-refractivity contribution in [3.05, 3.63) is 15.9 Å². The molecule has 4 nitrogen and oxygen atoms in total. The summed E-state index contributed by atoms with van der Waals surface area (Å²) in [7, 11) is -1.95. The number of hydrogen-bond acceptors (Lipinski definition) is 4. The van der Waals surface area contributed by atoms with E-state index in [1.165, 1.54) is 22.7 Å². The zero-order valence-corrected chi connectivity index (χ0v) is 13.3. The molecule has 0 saturated heterocycles. The van der Waals surface area contributed by atoms with Crippen LogP contribution >= 0.6 is 27.3 Å². The molecule has 1 aliphatic rings. The normalized spacial score (nSPS) is 19.6. The Morgan fingerprint density at radius 3 is 2.56 bits per heavy atom. The third-order valence-corrected chi connectivity index (χ3v) is 7.16. The molecule has 0 aromatic carbocycles. The molecule has 0 atom stereocenters. The molecule has 0 aliphatic heterocycles. The van der Waals surface area contributed by atoms with Crippen molar-refractivity contribution in [2.24, 2.45) is 0 Å². The maximum Gasteiger partial charge on any atom is 0.252 e. The molecule has 1 saturated carbocycles. The number of likely N-dealkylation sites (N-methyl/N-ethyl adjacent to an activating group) is 1. The van der Waals surface area contributed by atoms with E-state index >= 15 is 0 Å². The number of sulfonamides is 1. The van der Waals surface area contributed by atoms with Gasteiger partial charge in [-0.2, -0.15) is 4.31 Å². The van der Waals surface area contributed by atoms with Gasteiger partial charge in [-0.15, -0.1) is 11.3 Å². The first kappa shape index (κ1) is 14.5. The summed E-state index contributed by atoms with van der Waals surface area (Å²) in [6.45, 7) is 0.171. The average Bonchev–Trinajstić information content (AvgIpc) is 2.87. The quantitative estimate of drug-likeness (QED) is 0.904. The minimum atomic E-state index is -3.48. The van der Waals surface area contributed by atoms with Gasteiger partial charge in [0.1, 0.15) is 4.21 Å². The van der Waals surface area contributed by atoms with E-state index in [1.807, 2.05) is 0 Å². The van der Waals surface area contributed by atoms with Gasteiger partial charge < -0.3 is 5.11 Å². The Hall–Kier alpha value is 0.0500. The lowest BCUT2D eigenvalue weighted by Crippen LogP contribution is -2.41. The first-order valence-corrected chi connectivity index (χ1v) is 8.83. The van der Waals surface area contributed by atoms with E-state index in [9.17, 15) is 13.5 Å². The molecular weight excluding hydrogens is 338 g/mol. The first-order valence-electron chi connectivity index (χ1n) is 5.78. The largest absolute Gasteiger partial charge is 0.389 e. The van der Waals surface area contributed by atoms with Crippen LogP contribution in [0.4, 0.5) is 0 Å². The second kappa shape index (κ2) is 5.20. The smallest absolute Gasteiger partial charge is 0.252 e. The van der Waals surface area contributed by atoms with Crippen molar-refractivity contribution in [3.8, 4) is 0 Å². The molecule has 1 aromatic rings. The van der Waals surface area contributed by atoms with E-state index in [0.717, 1.165) is 16.6 Å². The van der Waals surface area contributed by atoms with Gasteiger partial charge in [-0.1, -0.05) is 12.8 Å². The lowest BCUT2D eigenvalue weighted by molar-refractivity contribution is 0.0334. The number of hydrogen-bond donors (Lipinski definition) is 1. The molecule has 1 N–H and O–H groups in total. The van der Waals surface area contributed by atoms with Crippen LogP contribution in [0.2, 0.25) is 0 Å². The van der Waals surface area contributed by atoms with Gasteiger partial charge >= 0.3 is 0 Å². The van der Waals surface area contributed by atoms with E-state index in [2.05, 4.69) is 15.9 Å². The molecule has 2 rings (SSSR count). The second-order valence-corrected chi connectivity index (χ2v) is 9.49. The predicted molar refractivity (Wildman–Crippen MR) is 75.3 cm³/mol. The molecule has 1 fully saturated rings. The van der Waals surface area contributed by atoms with Crippen molar-refractivity contribution in [1.82, 2.24) is 4.31 Å². The molecule has 1 heterocycles. The summed E-state index contributed by atoms with van der Waals surface area (Å²) < 4.78 is 26.9. The van der Waals surface area contributed by atoms with Crippen molar-refractivity contribution >= 4 is 37.3 Å². The van der Waals surface area contributed by atoms with Crippen LogP contribution in [-0.4, -0.2) is 37.0 Å². The van der Waals surface area contributed by atoms with Gasteiger partial charge in [-0.3, -0.25) is 0 Å². The van der Waals surface area contributed by atoms with Crippen LogP contribution in [0.25, 0.3) is 0 Å². The standard InChI is InChI=1S/C11H16BrNO3S2/c1-13(8-11(14)6-2-3-7-11)18(15,16)10-5-4-9(12)17-10/h4-5,14H,2-3,6-8H2,1H3. The molecule has 0 radical (unpaired) electrons. The van der Waals surface area contributed by atoms with Crippen molar-refractivity contribution in [2.45, 2.75) is 35.5 Å². The van der Waals surface area contributed by atoms with E-state index in [4.69, 9.17) is 0 Å². The van der Waals surface area contributed by atoms with Crippen LogP contribution in [0.3, 0.4) is 0 Å². The Morgan fingerprint density at radius 2 is 2.06 bits per heavy atom. The highest BCUT2D eigenvalue weighted by Gasteiger charge is 2.36. The van der Waals surface area contributed by atoms with E-state index < -0.39 is 15.6 Å². The highest BCUT2D eigenvalue weighted by atomic mass is 79.9. The summed E-state index contributed by atoms with van der Waals surface area (Å²) in [5.74, 6) is 0. The highest BCUT2D eigenvalue weighted by molar-refractivity contribution is 9.11. The fourth-order valence-electron chi connectivity index (χ4n) is 2.28. The van der Waals surface area contributed by atoms with E-state index in [0.29, 0.717) is 17.1 Å². The lowest BCUT2D eigenvalue weighted by Gasteiger charge is -2.27. The molecule has 18 heavy (non-hydrogen) atoms.